The van der Waals surface area contributed by atoms with Crippen molar-refractivity contribution in [2.45, 2.75) is 20.4 Å². The van der Waals surface area contributed by atoms with Crippen LogP contribution in [0.3, 0.4) is 0 Å². The zero-order chi connectivity index (χ0) is 12.2. The van der Waals surface area contributed by atoms with E-state index in [2.05, 4.69) is 19.2 Å². The van der Waals surface area contributed by atoms with E-state index in [4.69, 9.17) is 34.8 Å². The monoisotopic (exact) mass is 279 g/mol. The molecule has 0 aromatic heterocycles. The summed E-state index contributed by atoms with van der Waals surface area (Å²) in [5.41, 5.74) is 1.10. The van der Waals surface area contributed by atoms with Crippen LogP contribution < -0.4 is 5.32 Å². The summed E-state index contributed by atoms with van der Waals surface area (Å²) in [7, 11) is 0. The topological polar surface area (TPSA) is 12.0 Å². The third kappa shape index (κ3) is 4.50. The smallest absolute Gasteiger partial charge is 0.0451 e. The third-order valence-electron chi connectivity index (χ3n) is 2.29. The SMILES string of the molecule is CC(C)(CCl)CNCc1cc(Cl)ccc1Cl. The highest BCUT2D eigenvalue weighted by Crippen LogP contribution is 2.21. The molecule has 1 nitrogen and oxygen atoms in total. The second kappa shape index (κ2) is 6.11. The van der Waals surface area contributed by atoms with E-state index in [1.54, 1.807) is 6.07 Å². The second-order valence-electron chi connectivity index (χ2n) is 4.64. The molecule has 4 heteroatoms. The highest BCUT2D eigenvalue weighted by atomic mass is 35.5. The summed E-state index contributed by atoms with van der Waals surface area (Å²) in [5, 5.41) is 4.78. The van der Waals surface area contributed by atoms with E-state index >= 15 is 0 Å². The van der Waals surface area contributed by atoms with Crippen LogP contribution in [-0.4, -0.2) is 12.4 Å². The van der Waals surface area contributed by atoms with Gasteiger partial charge in [-0.05, 0) is 29.2 Å². The van der Waals surface area contributed by atoms with Gasteiger partial charge in [-0.1, -0.05) is 37.0 Å². The van der Waals surface area contributed by atoms with Crippen molar-refractivity contribution in [2.75, 3.05) is 12.4 Å². The molecule has 0 unspecified atom stereocenters. The van der Waals surface area contributed by atoms with Gasteiger partial charge in [-0.25, -0.2) is 0 Å². The third-order valence-corrected chi connectivity index (χ3v) is 3.62. The molecule has 1 rings (SSSR count). The fourth-order valence-electron chi connectivity index (χ4n) is 1.26. The minimum absolute atomic E-state index is 0.0899. The van der Waals surface area contributed by atoms with Crippen LogP contribution in [0.2, 0.25) is 10.0 Å². The first-order chi connectivity index (χ1) is 7.44. The second-order valence-corrected chi connectivity index (χ2v) is 5.75. The van der Waals surface area contributed by atoms with Crippen molar-refractivity contribution in [3.63, 3.8) is 0 Å². The lowest BCUT2D eigenvalue weighted by atomic mass is 9.96. The lowest BCUT2D eigenvalue weighted by Gasteiger charge is -2.21. The molecule has 0 amide bonds. The van der Waals surface area contributed by atoms with Crippen molar-refractivity contribution in [3.8, 4) is 0 Å². The molecule has 0 radical (unpaired) electrons. The van der Waals surface area contributed by atoms with Crippen molar-refractivity contribution in [2.24, 2.45) is 5.41 Å². The van der Waals surface area contributed by atoms with Gasteiger partial charge < -0.3 is 5.32 Å². The lowest BCUT2D eigenvalue weighted by molar-refractivity contribution is 0.385. The van der Waals surface area contributed by atoms with Crippen LogP contribution in [-0.2, 0) is 6.54 Å². The maximum absolute atomic E-state index is 6.06. The molecular formula is C12H16Cl3N. The minimum atomic E-state index is 0.0899. The number of hydrogen-bond acceptors (Lipinski definition) is 1. The van der Waals surface area contributed by atoms with Crippen LogP contribution in [0.25, 0.3) is 0 Å². The van der Waals surface area contributed by atoms with Crippen molar-refractivity contribution in [1.29, 1.82) is 0 Å². The average molecular weight is 281 g/mol. The zero-order valence-electron chi connectivity index (χ0n) is 9.49. The van der Waals surface area contributed by atoms with Crippen LogP contribution in [0.4, 0.5) is 0 Å². The molecule has 0 bridgehead atoms. The molecule has 90 valence electrons. The average Bonchev–Trinajstić information content (AvgIpc) is 2.23. The molecule has 0 fully saturated rings. The Morgan fingerprint density at radius 2 is 1.94 bits per heavy atom. The summed E-state index contributed by atoms with van der Waals surface area (Å²) < 4.78 is 0. The predicted octanol–water partition coefficient (Wildman–Crippen LogP) is 4.35. The Morgan fingerprint density at radius 1 is 1.25 bits per heavy atom. The maximum atomic E-state index is 6.06. The van der Waals surface area contributed by atoms with E-state index in [1.165, 1.54) is 0 Å². The molecule has 0 saturated carbocycles. The number of rotatable bonds is 5. The molecule has 0 atom stereocenters. The molecule has 0 saturated heterocycles. The van der Waals surface area contributed by atoms with E-state index in [0.717, 1.165) is 17.1 Å². The number of benzene rings is 1. The van der Waals surface area contributed by atoms with Gasteiger partial charge in [0, 0.05) is 29.0 Å². The molecule has 1 aromatic rings. The maximum Gasteiger partial charge on any atom is 0.0451 e. The Labute approximate surface area is 112 Å². The van der Waals surface area contributed by atoms with E-state index in [-0.39, 0.29) is 5.41 Å². The van der Waals surface area contributed by atoms with Gasteiger partial charge in [0.2, 0.25) is 0 Å². The zero-order valence-corrected chi connectivity index (χ0v) is 11.8. The summed E-state index contributed by atoms with van der Waals surface area (Å²) in [6.07, 6.45) is 0. The van der Waals surface area contributed by atoms with E-state index in [1.807, 2.05) is 12.1 Å². The number of alkyl halides is 1. The van der Waals surface area contributed by atoms with Gasteiger partial charge in [0.15, 0.2) is 0 Å². The number of nitrogens with one attached hydrogen (secondary N) is 1. The quantitative estimate of drug-likeness (QED) is 0.791. The predicted molar refractivity (Wildman–Crippen MR) is 72.7 cm³/mol. The number of hydrogen-bond donors (Lipinski definition) is 1. The highest BCUT2D eigenvalue weighted by Gasteiger charge is 2.15. The van der Waals surface area contributed by atoms with E-state index in [0.29, 0.717) is 17.4 Å². The summed E-state index contributed by atoms with van der Waals surface area (Å²) in [6, 6.07) is 5.48. The summed E-state index contributed by atoms with van der Waals surface area (Å²) in [6.45, 7) is 5.79. The van der Waals surface area contributed by atoms with Gasteiger partial charge in [-0.3, -0.25) is 0 Å². The standard InChI is InChI=1S/C12H16Cl3N/c1-12(2,7-13)8-16-6-9-5-10(14)3-4-11(9)15/h3-5,16H,6-8H2,1-2H3. The molecule has 0 aliphatic rings. The molecule has 0 aliphatic carbocycles. The Morgan fingerprint density at radius 3 is 2.56 bits per heavy atom. The Hall–Kier alpha value is 0.0500. The van der Waals surface area contributed by atoms with Crippen molar-refractivity contribution in [1.82, 2.24) is 5.32 Å². The molecule has 0 spiro atoms. The summed E-state index contributed by atoms with van der Waals surface area (Å²) in [5.74, 6) is 0.628. The largest absolute Gasteiger partial charge is 0.312 e. The molecule has 1 aromatic carbocycles. The van der Waals surface area contributed by atoms with Gasteiger partial charge in [0.25, 0.3) is 0 Å². The fraction of sp³-hybridized carbons (Fsp3) is 0.500. The Bertz CT molecular complexity index is 350. The van der Waals surface area contributed by atoms with Crippen LogP contribution >= 0.6 is 34.8 Å². The van der Waals surface area contributed by atoms with Gasteiger partial charge in [-0.15, -0.1) is 11.6 Å². The normalized spacial score (nSPS) is 11.8. The van der Waals surface area contributed by atoms with Crippen LogP contribution in [0.5, 0.6) is 0 Å². The Kier molecular flexibility index (Phi) is 5.39. The van der Waals surface area contributed by atoms with Crippen LogP contribution in [0.1, 0.15) is 19.4 Å². The highest BCUT2D eigenvalue weighted by molar-refractivity contribution is 6.33. The fourth-order valence-corrected chi connectivity index (χ4v) is 1.74. The van der Waals surface area contributed by atoms with Gasteiger partial charge in [-0.2, -0.15) is 0 Å². The van der Waals surface area contributed by atoms with Crippen molar-refractivity contribution >= 4 is 34.8 Å². The number of halogens is 3. The Balaban J connectivity index is 2.52. The lowest BCUT2D eigenvalue weighted by Crippen LogP contribution is -2.30. The van der Waals surface area contributed by atoms with Gasteiger partial charge >= 0.3 is 0 Å². The van der Waals surface area contributed by atoms with Crippen molar-refractivity contribution in [3.05, 3.63) is 33.8 Å². The summed E-state index contributed by atoms with van der Waals surface area (Å²) >= 11 is 17.8. The van der Waals surface area contributed by atoms with E-state index in [9.17, 15) is 0 Å². The summed E-state index contributed by atoms with van der Waals surface area (Å²) in [4.78, 5) is 0. The van der Waals surface area contributed by atoms with Gasteiger partial charge in [0.05, 0.1) is 0 Å². The van der Waals surface area contributed by atoms with Crippen LogP contribution in [0, 0.1) is 5.41 Å². The van der Waals surface area contributed by atoms with Crippen molar-refractivity contribution < 1.29 is 0 Å². The first kappa shape index (κ1) is 14.1. The molecule has 16 heavy (non-hydrogen) atoms. The molecule has 0 heterocycles. The first-order valence-electron chi connectivity index (χ1n) is 5.15. The first-order valence-corrected chi connectivity index (χ1v) is 6.44. The van der Waals surface area contributed by atoms with Gasteiger partial charge in [0.1, 0.15) is 0 Å². The molecular weight excluding hydrogens is 264 g/mol. The minimum Gasteiger partial charge on any atom is -0.312 e. The van der Waals surface area contributed by atoms with Crippen LogP contribution in [0.15, 0.2) is 18.2 Å². The molecule has 0 aliphatic heterocycles. The molecule has 1 N–H and O–H groups in total. The van der Waals surface area contributed by atoms with E-state index < -0.39 is 0 Å².